The highest BCUT2D eigenvalue weighted by atomic mass is 127. The lowest BCUT2D eigenvalue weighted by atomic mass is 10.1. The molecule has 0 spiro atoms. The van der Waals surface area contributed by atoms with Gasteiger partial charge < -0.3 is 15.7 Å². The number of aliphatic hydroxyl groups excluding tert-OH is 1. The summed E-state index contributed by atoms with van der Waals surface area (Å²) in [4.78, 5) is 4.45. The molecule has 1 aliphatic rings. The molecule has 1 aromatic rings. The Balaban J connectivity index is 0.00000264. The number of hydrogen-bond acceptors (Lipinski definition) is 3. The van der Waals surface area contributed by atoms with E-state index in [1.807, 2.05) is 18.7 Å². The van der Waals surface area contributed by atoms with Crippen LogP contribution in [0.3, 0.4) is 0 Å². The first-order chi connectivity index (χ1) is 10.7. The minimum atomic E-state index is -0.725. The summed E-state index contributed by atoms with van der Waals surface area (Å²) in [5.41, 5.74) is 0.675. The number of rotatable bonds is 5. The average Bonchev–Trinajstić information content (AvgIpc) is 2.54. The van der Waals surface area contributed by atoms with Gasteiger partial charge in [-0.25, -0.2) is 4.39 Å². The van der Waals surface area contributed by atoms with Gasteiger partial charge in [0.25, 0.3) is 0 Å². The van der Waals surface area contributed by atoms with E-state index in [-0.39, 0.29) is 36.3 Å². The Kier molecular flexibility index (Phi) is 9.89. The molecule has 7 heteroatoms. The molecular weight excluding hydrogens is 428 g/mol. The maximum Gasteiger partial charge on any atom is 0.191 e. The lowest BCUT2D eigenvalue weighted by molar-refractivity contribution is 0.187. The third kappa shape index (κ3) is 7.26. The molecule has 2 atom stereocenters. The Morgan fingerprint density at radius 1 is 1.43 bits per heavy atom. The normalized spacial score (nSPS) is 19.6. The van der Waals surface area contributed by atoms with Crippen LogP contribution in [0, 0.1) is 5.82 Å². The number of hydrogen-bond donors (Lipinski definition) is 3. The molecule has 1 heterocycles. The van der Waals surface area contributed by atoms with Crippen LogP contribution in [0.2, 0.25) is 0 Å². The molecule has 1 aliphatic heterocycles. The van der Waals surface area contributed by atoms with Gasteiger partial charge in [0.2, 0.25) is 0 Å². The van der Waals surface area contributed by atoms with E-state index in [1.165, 1.54) is 24.3 Å². The summed E-state index contributed by atoms with van der Waals surface area (Å²) in [5, 5.41) is 16.8. The molecule has 0 aliphatic carbocycles. The van der Waals surface area contributed by atoms with Gasteiger partial charge in [-0.05, 0) is 43.2 Å². The largest absolute Gasteiger partial charge is 0.386 e. The fraction of sp³-hybridized carbons (Fsp3) is 0.562. The van der Waals surface area contributed by atoms with Gasteiger partial charge in [0.05, 0.1) is 12.6 Å². The average molecular weight is 453 g/mol. The lowest BCUT2D eigenvalue weighted by Crippen LogP contribution is -2.45. The second-order valence-electron chi connectivity index (χ2n) is 5.35. The molecule has 0 amide bonds. The van der Waals surface area contributed by atoms with Gasteiger partial charge >= 0.3 is 0 Å². The van der Waals surface area contributed by atoms with Crippen molar-refractivity contribution in [3.8, 4) is 0 Å². The fourth-order valence-electron chi connectivity index (χ4n) is 2.34. The standard InChI is InChI=1S/C16H24FN3OS.HI/c1-2-18-16(20-14-4-3-9-22-11-14)19-10-15(21)12-5-7-13(17)8-6-12;/h5-8,14-15,21H,2-4,9-11H2,1H3,(H2,18,19,20);1H. The zero-order chi connectivity index (χ0) is 15.8. The van der Waals surface area contributed by atoms with Crippen molar-refractivity contribution >= 4 is 41.7 Å². The van der Waals surface area contributed by atoms with Crippen molar-refractivity contribution in [1.29, 1.82) is 0 Å². The molecule has 1 fully saturated rings. The van der Waals surface area contributed by atoms with Crippen molar-refractivity contribution in [2.45, 2.75) is 31.9 Å². The number of benzene rings is 1. The van der Waals surface area contributed by atoms with E-state index in [0.717, 1.165) is 24.7 Å². The lowest BCUT2D eigenvalue weighted by Gasteiger charge is -2.24. The van der Waals surface area contributed by atoms with Crippen LogP contribution < -0.4 is 10.6 Å². The second kappa shape index (κ2) is 11.1. The third-order valence-corrected chi connectivity index (χ3v) is 4.74. The van der Waals surface area contributed by atoms with Crippen molar-refractivity contribution in [1.82, 2.24) is 10.6 Å². The molecule has 0 radical (unpaired) electrons. The van der Waals surface area contributed by atoms with Crippen molar-refractivity contribution < 1.29 is 9.50 Å². The second-order valence-corrected chi connectivity index (χ2v) is 6.50. The predicted molar refractivity (Wildman–Crippen MR) is 106 cm³/mol. The van der Waals surface area contributed by atoms with Crippen LogP contribution in [-0.2, 0) is 0 Å². The van der Waals surface area contributed by atoms with Gasteiger partial charge in [-0.2, -0.15) is 11.8 Å². The van der Waals surface area contributed by atoms with Crippen molar-refractivity contribution in [2.24, 2.45) is 4.99 Å². The van der Waals surface area contributed by atoms with Crippen LogP contribution in [0.4, 0.5) is 4.39 Å². The molecule has 1 aromatic carbocycles. The number of nitrogens with zero attached hydrogens (tertiary/aromatic N) is 1. The Hall–Kier alpha value is -0.540. The zero-order valence-corrected chi connectivity index (χ0v) is 16.4. The van der Waals surface area contributed by atoms with E-state index >= 15 is 0 Å². The summed E-state index contributed by atoms with van der Waals surface area (Å²) in [7, 11) is 0. The van der Waals surface area contributed by atoms with Crippen LogP contribution >= 0.6 is 35.7 Å². The summed E-state index contributed by atoms with van der Waals surface area (Å²) in [6.07, 6.45) is 1.65. The van der Waals surface area contributed by atoms with Gasteiger partial charge in [0.1, 0.15) is 5.82 Å². The maximum absolute atomic E-state index is 12.9. The molecule has 1 saturated heterocycles. The van der Waals surface area contributed by atoms with E-state index in [4.69, 9.17) is 0 Å². The van der Waals surface area contributed by atoms with Crippen LogP contribution in [0.15, 0.2) is 29.3 Å². The molecular formula is C16H25FIN3OS. The summed E-state index contributed by atoms with van der Waals surface area (Å²) < 4.78 is 12.9. The number of aliphatic imine (C=N–C) groups is 1. The zero-order valence-electron chi connectivity index (χ0n) is 13.3. The summed E-state index contributed by atoms with van der Waals surface area (Å²) in [5.74, 6) is 2.75. The SMILES string of the molecule is CCNC(=NCC(O)c1ccc(F)cc1)NC1CCCSC1.I. The number of thioether (sulfide) groups is 1. The first-order valence-electron chi connectivity index (χ1n) is 7.75. The molecule has 2 rings (SSSR count). The minimum absolute atomic E-state index is 0. The Morgan fingerprint density at radius 2 is 2.17 bits per heavy atom. The van der Waals surface area contributed by atoms with Crippen LogP contribution in [0.1, 0.15) is 31.4 Å². The Bertz CT molecular complexity index is 481. The topological polar surface area (TPSA) is 56.7 Å². The van der Waals surface area contributed by atoms with E-state index in [2.05, 4.69) is 15.6 Å². The van der Waals surface area contributed by atoms with Crippen molar-refractivity contribution in [3.63, 3.8) is 0 Å². The summed E-state index contributed by atoms with van der Waals surface area (Å²) in [6, 6.07) is 6.32. The van der Waals surface area contributed by atoms with E-state index in [9.17, 15) is 9.50 Å². The summed E-state index contributed by atoms with van der Waals surface area (Å²) >= 11 is 1.96. The Morgan fingerprint density at radius 3 is 2.78 bits per heavy atom. The molecule has 3 N–H and O–H groups in total. The first kappa shape index (κ1) is 20.5. The first-order valence-corrected chi connectivity index (χ1v) is 8.90. The smallest absolute Gasteiger partial charge is 0.191 e. The van der Waals surface area contributed by atoms with Gasteiger partial charge in [-0.15, -0.1) is 24.0 Å². The van der Waals surface area contributed by atoms with Crippen LogP contribution in [0.25, 0.3) is 0 Å². The molecule has 23 heavy (non-hydrogen) atoms. The predicted octanol–water partition coefficient (Wildman–Crippen LogP) is 2.93. The van der Waals surface area contributed by atoms with Gasteiger partial charge in [0, 0.05) is 18.3 Å². The van der Waals surface area contributed by atoms with E-state index in [1.54, 1.807) is 12.1 Å². The Labute approximate surface area is 158 Å². The highest BCUT2D eigenvalue weighted by Gasteiger charge is 2.15. The molecule has 0 saturated carbocycles. The number of nitrogens with one attached hydrogen (secondary N) is 2. The van der Waals surface area contributed by atoms with Gasteiger partial charge in [-0.3, -0.25) is 4.99 Å². The van der Waals surface area contributed by atoms with Gasteiger partial charge in [-0.1, -0.05) is 12.1 Å². The molecule has 0 aromatic heterocycles. The molecule has 130 valence electrons. The fourth-order valence-corrected chi connectivity index (χ4v) is 3.41. The van der Waals surface area contributed by atoms with Crippen LogP contribution in [0.5, 0.6) is 0 Å². The van der Waals surface area contributed by atoms with Crippen molar-refractivity contribution in [2.75, 3.05) is 24.6 Å². The quantitative estimate of drug-likeness (QED) is 0.365. The molecule has 4 nitrogen and oxygen atoms in total. The number of guanidine groups is 1. The monoisotopic (exact) mass is 453 g/mol. The third-order valence-electron chi connectivity index (χ3n) is 3.52. The number of aliphatic hydroxyl groups is 1. The maximum atomic E-state index is 12.9. The molecule has 0 bridgehead atoms. The van der Waals surface area contributed by atoms with E-state index in [0.29, 0.717) is 11.6 Å². The van der Waals surface area contributed by atoms with Crippen molar-refractivity contribution in [3.05, 3.63) is 35.6 Å². The van der Waals surface area contributed by atoms with E-state index < -0.39 is 6.10 Å². The number of halogens is 2. The highest BCUT2D eigenvalue weighted by Crippen LogP contribution is 2.17. The minimum Gasteiger partial charge on any atom is -0.386 e. The van der Waals surface area contributed by atoms with Crippen LogP contribution in [-0.4, -0.2) is 41.7 Å². The highest BCUT2D eigenvalue weighted by molar-refractivity contribution is 14.0. The molecule has 2 unspecified atom stereocenters. The van der Waals surface area contributed by atoms with Gasteiger partial charge in [0.15, 0.2) is 5.96 Å². The summed E-state index contributed by atoms with van der Waals surface area (Å²) in [6.45, 7) is 3.04.